The van der Waals surface area contributed by atoms with Crippen LogP contribution in [0, 0.1) is 5.92 Å². The molecule has 0 spiro atoms. The van der Waals surface area contributed by atoms with Gasteiger partial charge in [0, 0.05) is 26.2 Å². The van der Waals surface area contributed by atoms with Gasteiger partial charge in [-0.1, -0.05) is 6.07 Å². The number of fused-ring (bicyclic) bond motifs is 2. The SMILES string of the molecule is CN(C)S(=O)(=O)c1cccc(S(=O)(=O)N2C3CCC2C(C(=O)O)C3)c1. The Hall–Kier alpha value is -1.49. The largest absolute Gasteiger partial charge is 0.481 e. The van der Waals surface area contributed by atoms with Crippen LogP contribution in [-0.2, 0) is 24.8 Å². The highest BCUT2D eigenvalue weighted by Crippen LogP contribution is 2.45. The highest BCUT2D eigenvalue weighted by atomic mass is 32.2. The van der Waals surface area contributed by atoms with Crippen LogP contribution in [0.15, 0.2) is 34.1 Å². The third-order valence-corrected chi connectivity index (χ3v) is 8.73. The number of sulfonamides is 2. The lowest BCUT2D eigenvalue weighted by molar-refractivity contribution is -0.142. The van der Waals surface area contributed by atoms with E-state index in [4.69, 9.17) is 0 Å². The fourth-order valence-electron chi connectivity index (χ4n) is 3.71. The molecule has 3 unspecified atom stereocenters. The Balaban J connectivity index is 2.01. The molecule has 2 bridgehead atoms. The van der Waals surface area contributed by atoms with Gasteiger partial charge in [-0.2, -0.15) is 4.31 Å². The molecule has 0 aromatic heterocycles. The maximum absolute atomic E-state index is 13.0. The minimum absolute atomic E-state index is 0.111. The van der Waals surface area contributed by atoms with Crippen LogP contribution in [0.4, 0.5) is 0 Å². The molecule has 1 aromatic rings. The van der Waals surface area contributed by atoms with Crippen molar-refractivity contribution in [3.05, 3.63) is 24.3 Å². The molecule has 1 aromatic carbocycles. The number of nitrogens with zero attached hydrogens (tertiary/aromatic N) is 2. The second-order valence-electron chi connectivity index (χ2n) is 6.58. The van der Waals surface area contributed by atoms with Gasteiger partial charge in [-0.15, -0.1) is 0 Å². The van der Waals surface area contributed by atoms with Gasteiger partial charge in [-0.25, -0.2) is 21.1 Å². The van der Waals surface area contributed by atoms with Crippen LogP contribution in [0.5, 0.6) is 0 Å². The average molecular weight is 388 g/mol. The maximum Gasteiger partial charge on any atom is 0.308 e. The van der Waals surface area contributed by atoms with Crippen molar-refractivity contribution in [2.75, 3.05) is 14.1 Å². The lowest BCUT2D eigenvalue weighted by atomic mass is 9.89. The minimum Gasteiger partial charge on any atom is -0.481 e. The van der Waals surface area contributed by atoms with Gasteiger partial charge in [0.2, 0.25) is 20.0 Å². The van der Waals surface area contributed by atoms with E-state index >= 15 is 0 Å². The summed E-state index contributed by atoms with van der Waals surface area (Å²) >= 11 is 0. The summed E-state index contributed by atoms with van der Waals surface area (Å²) in [4.78, 5) is 11.1. The van der Waals surface area contributed by atoms with Crippen molar-refractivity contribution >= 4 is 26.0 Å². The molecular weight excluding hydrogens is 368 g/mol. The Kier molecular flexibility index (Phi) is 4.43. The number of carboxylic acids is 1. The summed E-state index contributed by atoms with van der Waals surface area (Å²) in [5.74, 6) is -1.70. The highest BCUT2D eigenvalue weighted by Gasteiger charge is 2.54. The molecule has 138 valence electrons. The molecule has 8 nitrogen and oxygen atoms in total. The Morgan fingerprint density at radius 3 is 2.36 bits per heavy atom. The first kappa shape index (κ1) is 18.3. The first-order chi connectivity index (χ1) is 11.6. The molecule has 0 saturated carbocycles. The van der Waals surface area contributed by atoms with Gasteiger partial charge in [0.1, 0.15) is 0 Å². The van der Waals surface area contributed by atoms with E-state index in [-0.39, 0.29) is 15.8 Å². The number of hydrogen-bond donors (Lipinski definition) is 1. The van der Waals surface area contributed by atoms with Gasteiger partial charge in [0.25, 0.3) is 0 Å². The third-order valence-electron chi connectivity index (χ3n) is 4.95. The molecule has 2 saturated heterocycles. The van der Waals surface area contributed by atoms with Crippen molar-refractivity contribution in [2.24, 2.45) is 5.92 Å². The van der Waals surface area contributed by atoms with Gasteiger partial charge in [0.05, 0.1) is 15.7 Å². The van der Waals surface area contributed by atoms with Crippen molar-refractivity contribution in [3.63, 3.8) is 0 Å². The van der Waals surface area contributed by atoms with Gasteiger partial charge >= 0.3 is 5.97 Å². The van der Waals surface area contributed by atoms with Crippen molar-refractivity contribution < 1.29 is 26.7 Å². The van der Waals surface area contributed by atoms with Crippen LogP contribution in [-0.4, -0.2) is 62.7 Å². The Morgan fingerprint density at radius 2 is 1.80 bits per heavy atom. The first-order valence-electron chi connectivity index (χ1n) is 7.85. The van der Waals surface area contributed by atoms with Gasteiger partial charge in [-0.3, -0.25) is 4.79 Å². The normalized spacial score (nSPS) is 27.1. The predicted octanol–water partition coefficient (Wildman–Crippen LogP) is 0.563. The van der Waals surface area contributed by atoms with Crippen LogP contribution in [0.3, 0.4) is 0 Å². The van der Waals surface area contributed by atoms with E-state index in [9.17, 15) is 26.7 Å². The molecular formula is C15H20N2O6S2. The molecule has 25 heavy (non-hydrogen) atoms. The lowest BCUT2D eigenvalue weighted by Gasteiger charge is -2.23. The van der Waals surface area contributed by atoms with Crippen LogP contribution in [0.25, 0.3) is 0 Å². The van der Waals surface area contributed by atoms with E-state index in [0.717, 1.165) is 10.4 Å². The van der Waals surface area contributed by atoms with E-state index in [1.807, 2.05) is 0 Å². The number of benzene rings is 1. The number of carboxylic acid groups (broad SMARTS) is 1. The van der Waals surface area contributed by atoms with Crippen LogP contribution >= 0.6 is 0 Å². The van der Waals surface area contributed by atoms with Crippen molar-refractivity contribution in [3.8, 4) is 0 Å². The minimum atomic E-state index is -3.96. The summed E-state index contributed by atoms with van der Waals surface area (Å²) in [5, 5.41) is 9.29. The summed E-state index contributed by atoms with van der Waals surface area (Å²) in [6.45, 7) is 0. The molecule has 0 radical (unpaired) electrons. The molecule has 3 rings (SSSR count). The Labute approximate surface area is 147 Å². The zero-order chi connectivity index (χ0) is 18.6. The summed E-state index contributed by atoms with van der Waals surface area (Å²) in [5.41, 5.74) is 0. The number of carbonyl (C=O) groups is 1. The van der Waals surface area contributed by atoms with Crippen molar-refractivity contribution in [1.29, 1.82) is 0 Å². The maximum atomic E-state index is 13.0. The standard InChI is InChI=1S/C15H20N2O6S2/c1-16(2)24(20,21)11-4-3-5-12(9-11)25(22,23)17-10-6-7-14(17)13(8-10)15(18)19/h3-5,9-10,13-14H,6-8H2,1-2H3,(H,18,19). The topological polar surface area (TPSA) is 112 Å². The predicted molar refractivity (Wildman–Crippen MR) is 88.9 cm³/mol. The van der Waals surface area contributed by atoms with E-state index in [1.165, 1.54) is 36.6 Å². The Morgan fingerprint density at radius 1 is 1.16 bits per heavy atom. The molecule has 0 amide bonds. The number of rotatable bonds is 5. The number of aliphatic carboxylic acids is 1. The smallest absolute Gasteiger partial charge is 0.308 e. The summed E-state index contributed by atoms with van der Waals surface area (Å²) in [6.07, 6.45) is 1.44. The molecule has 2 aliphatic heterocycles. The fraction of sp³-hybridized carbons (Fsp3) is 0.533. The van der Waals surface area contributed by atoms with Gasteiger partial charge < -0.3 is 5.11 Å². The summed E-state index contributed by atoms with van der Waals surface area (Å²) < 4.78 is 52.9. The fourth-order valence-corrected chi connectivity index (χ4v) is 6.69. The van der Waals surface area contributed by atoms with Crippen molar-refractivity contribution in [1.82, 2.24) is 8.61 Å². The molecule has 2 fully saturated rings. The second-order valence-corrected chi connectivity index (χ2v) is 10.6. The zero-order valence-corrected chi connectivity index (χ0v) is 15.5. The summed E-state index contributed by atoms with van der Waals surface area (Å²) in [7, 11) is -4.99. The third kappa shape index (κ3) is 2.86. The van der Waals surface area contributed by atoms with Gasteiger partial charge in [-0.05, 0) is 37.5 Å². The quantitative estimate of drug-likeness (QED) is 0.789. The van der Waals surface area contributed by atoms with Crippen LogP contribution in [0.1, 0.15) is 19.3 Å². The monoisotopic (exact) mass is 388 g/mol. The molecule has 1 N–H and O–H groups in total. The van der Waals surface area contributed by atoms with E-state index < -0.39 is 38.0 Å². The van der Waals surface area contributed by atoms with Crippen LogP contribution < -0.4 is 0 Å². The van der Waals surface area contributed by atoms with E-state index in [2.05, 4.69) is 0 Å². The molecule has 10 heteroatoms. The average Bonchev–Trinajstić information content (AvgIpc) is 3.13. The molecule has 0 aliphatic carbocycles. The molecule has 2 aliphatic rings. The van der Waals surface area contributed by atoms with E-state index in [1.54, 1.807) is 0 Å². The van der Waals surface area contributed by atoms with Crippen molar-refractivity contribution in [2.45, 2.75) is 41.1 Å². The van der Waals surface area contributed by atoms with Crippen LogP contribution in [0.2, 0.25) is 0 Å². The Bertz CT molecular complexity index is 910. The second kappa shape index (κ2) is 6.04. The summed E-state index contributed by atoms with van der Waals surface area (Å²) in [6, 6.07) is 4.30. The van der Waals surface area contributed by atoms with Gasteiger partial charge in [0.15, 0.2) is 0 Å². The zero-order valence-electron chi connectivity index (χ0n) is 13.9. The molecule has 2 heterocycles. The highest BCUT2D eigenvalue weighted by molar-refractivity contribution is 7.90. The lowest BCUT2D eigenvalue weighted by Crippen LogP contribution is -2.37. The number of hydrogen-bond acceptors (Lipinski definition) is 5. The first-order valence-corrected chi connectivity index (χ1v) is 10.7. The van der Waals surface area contributed by atoms with E-state index in [0.29, 0.717) is 19.3 Å². The molecule has 3 atom stereocenters.